The van der Waals surface area contributed by atoms with Crippen molar-refractivity contribution >= 4 is 16.9 Å². The molecule has 2 aromatic rings. The van der Waals surface area contributed by atoms with Gasteiger partial charge in [0.1, 0.15) is 5.52 Å². The summed E-state index contributed by atoms with van der Waals surface area (Å²) in [6, 6.07) is 1.67. The lowest BCUT2D eigenvalue weighted by Gasteiger charge is -2.19. The van der Waals surface area contributed by atoms with Crippen LogP contribution in [0.4, 0.5) is 5.69 Å². The first kappa shape index (κ1) is 9.76. The van der Waals surface area contributed by atoms with E-state index in [4.69, 9.17) is 5.73 Å². The molecule has 0 radical (unpaired) electrons. The van der Waals surface area contributed by atoms with Gasteiger partial charge in [0, 0.05) is 11.7 Å². The average molecular weight is 206 g/mol. The molecule has 0 bridgehead atoms. The van der Waals surface area contributed by atoms with Gasteiger partial charge in [-0.3, -0.25) is 4.57 Å². The van der Waals surface area contributed by atoms with Crippen LogP contribution in [0.1, 0.15) is 20.8 Å². The first-order valence-electron chi connectivity index (χ1n) is 4.77. The van der Waals surface area contributed by atoms with Crippen molar-refractivity contribution in [2.45, 2.75) is 26.3 Å². The molecule has 0 saturated heterocycles. The van der Waals surface area contributed by atoms with Crippen LogP contribution in [0.15, 0.2) is 17.1 Å². The highest BCUT2D eigenvalue weighted by atomic mass is 16.1. The summed E-state index contributed by atoms with van der Waals surface area (Å²) >= 11 is 0. The molecule has 0 aliphatic carbocycles. The molecule has 0 atom stereocenters. The zero-order valence-electron chi connectivity index (χ0n) is 9.03. The van der Waals surface area contributed by atoms with Gasteiger partial charge in [0.2, 0.25) is 0 Å². The van der Waals surface area contributed by atoms with Crippen molar-refractivity contribution in [3.05, 3.63) is 22.7 Å². The van der Waals surface area contributed by atoms with Gasteiger partial charge in [-0.15, -0.1) is 0 Å². The highest BCUT2D eigenvalue weighted by Gasteiger charge is 2.20. The molecular formula is C10H14N4O. The third-order valence-electron chi connectivity index (χ3n) is 2.28. The third-order valence-corrected chi connectivity index (χ3v) is 2.28. The fourth-order valence-electron chi connectivity index (χ4n) is 1.64. The molecule has 2 rings (SSSR count). The number of pyridine rings is 1. The summed E-state index contributed by atoms with van der Waals surface area (Å²) in [5, 5.41) is 0. The van der Waals surface area contributed by atoms with Crippen LogP contribution in [0.25, 0.3) is 11.2 Å². The van der Waals surface area contributed by atoms with Crippen molar-refractivity contribution in [3.63, 3.8) is 0 Å². The third kappa shape index (κ3) is 1.40. The maximum Gasteiger partial charge on any atom is 0.328 e. The van der Waals surface area contributed by atoms with Gasteiger partial charge in [0.05, 0.1) is 5.69 Å². The monoisotopic (exact) mass is 206 g/mol. The maximum atomic E-state index is 11.7. The van der Waals surface area contributed by atoms with Crippen LogP contribution in [0, 0.1) is 0 Å². The van der Waals surface area contributed by atoms with E-state index < -0.39 is 0 Å². The van der Waals surface area contributed by atoms with Crippen LogP contribution in [0.5, 0.6) is 0 Å². The number of nitrogens with zero attached hydrogens (tertiary/aromatic N) is 2. The van der Waals surface area contributed by atoms with Gasteiger partial charge in [0.25, 0.3) is 0 Å². The van der Waals surface area contributed by atoms with Crippen molar-refractivity contribution in [1.82, 2.24) is 14.5 Å². The second-order valence-corrected chi connectivity index (χ2v) is 4.54. The zero-order valence-corrected chi connectivity index (χ0v) is 9.03. The number of hydrogen-bond acceptors (Lipinski definition) is 3. The van der Waals surface area contributed by atoms with Crippen molar-refractivity contribution < 1.29 is 0 Å². The predicted molar refractivity (Wildman–Crippen MR) is 59.8 cm³/mol. The molecule has 3 N–H and O–H groups in total. The molecule has 0 spiro atoms. The number of H-pyrrole nitrogens is 1. The number of anilines is 1. The molecule has 2 heterocycles. The Kier molecular flexibility index (Phi) is 1.86. The maximum absolute atomic E-state index is 11.7. The lowest BCUT2D eigenvalue weighted by atomic mass is 10.1. The topological polar surface area (TPSA) is 76.7 Å². The second kappa shape index (κ2) is 2.85. The van der Waals surface area contributed by atoms with Crippen LogP contribution in [-0.4, -0.2) is 14.5 Å². The minimum atomic E-state index is -0.309. The van der Waals surface area contributed by atoms with Crippen LogP contribution >= 0.6 is 0 Å². The SMILES string of the molecule is CC(C)(C)n1c(=O)[nH]c2c(N)ccnc21. The fraction of sp³-hybridized carbons (Fsp3) is 0.400. The molecule has 5 heteroatoms. The van der Waals surface area contributed by atoms with E-state index in [2.05, 4.69) is 9.97 Å². The van der Waals surface area contributed by atoms with E-state index in [1.54, 1.807) is 16.8 Å². The van der Waals surface area contributed by atoms with Crippen molar-refractivity contribution in [3.8, 4) is 0 Å². The number of nitrogen functional groups attached to an aromatic ring is 1. The Morgan fingerprint density at radius 1 is 1.47 bits per heavy atom. The number of imidazole rings is 1. The Balaban J connectivity index is 2.92. The summed E-state index contributed by atoms with van der Waals surface area (Å²) < 4.78 is 1.61. The first-order valence-corrected chi connectivity index (χ1v) is 4.77. The van der Waals surface area contributed by atoms with E-state index in [-0.39, 0.29) is 11.2 Å². The number of aromatic amines is 1. The minimum absolute atomic E-state index is 0.178. The van der Waals surface area contributed by atoms with E-state index in [1.807, 2.05) is 20.8 Å². The normalized spacial score (nSPS) is 12.2. The molecule has 80 valence electrons. The standard InChI is InChI=1S/C10H14N4O/c1-10(2,3)14-8-7(13-9(14)15)6(11)4-5-12-8/h4-5H,1-3H3,(H2,11,12)(H,13,15). The highest BCUT2D eigenvalue weighted by molar-refractivity contribution is 5.83. The van der Waals surface area contributed by atoms with Crippen molar-refractivity contribution in [1.29, 1.82) is 0 Å². The van der Waals surface area contributed by atoms with E-state index in [0.29, 0.717) is 16.9 Å². The summed E-state index contributed by atoms with van der Waals surface area (Å²) in [5.41, 5.74) is 7.03. The Hall–Kier alpha value is -1.78. The van der Waals surface area contributed by atoms with Gasteiger partial charge in [-0.1, -0.05) is 0 Å². The van der Waals surface area contributed by atoms with Gasteiger partial charge >= 0.3 is 5.69 Å². The molecule has 5 nitrogen and oxygen atoms in total. The number of fused-ring (bicyclic) bond motifs is 1. The van der Waals surface area contributed by atoms with Crippen molar-refractivity contribution in [2.75, 3.05) is 5.73 Å². The van der Waals surface area contributed by atoms with Gasteiger partial charge < -0.3 is 10.7 Å². The molecule has 0 aliphatic heterocycles. The number of rotatable bonds is 0. The van der Waals surface area contributed by atoms with Crippen LogP contribution in [-0.2, 0) is 5.54 Å². The largest absolute Gasteiger partial charge is 0.397 e. The van der Waals surface area contributed by atoms with Crippen LogP contribution in [0.2, 0.25) is 0 Å². The molecule has 0 unspecified atom stereocenters. The van der Waals surface area contributed by atoms with E-state index in [0.717, 1.165) is 0 Å². The minimum Gasteiger partial charge on any atom is -0.397 e. The summed E-state index contributed by atoms with van der Waals surface area (Å²) in [6.07, 6.45) is 1.60. The lowest BCUT2D eigenvalue weighted by Crippen LogP contribution is -2.32. The van der Waals surface area contributed by atoms with Crippen LogP contribution < -0.4 is 11.4 Å². The van der Waals surface area contributed by atoms with Crippen LogP contribution in [0.3, 0.4) is 0 Å². The van der Waals surface area contributed by atoms with E-state index in [1.165, 1.54) is 0 Å². The van der Waals surface area contributed by atoms with Gasteiger partial charge in [0.15, 0.2) is 5.65 Å². The quantitative estimate of drug-likeness (QED) is 0.676. The molecular weight excluding hydrogens is 192 g/mol. The van der Waals surface area contributed by atoms with Gasteiger partial charge in [-0.2, -0.15) is 0 Å². The number of aromatic nitrogens is 3. The van der Waals surface area contributed by atoms with Gasteiger partial charge in [-0.05, 0) is 26.8 Å². The Morgan fingerprint density at radius 2 is 2.13 bits per heavy atom. The lowest BCUT2D eigenvalue weighted by molar-refractivity contribution is 0.395. The summed E-state index contributed by atoms with van der Waals surface area (Å²) in [4.78, 5) is 18.7. The molecule has 0 aliphatic rings. The summed E-state index contributed by atoms with van der Waals surface area (Å²) in [5.74, 6) is 0. The molecule has 15 heavy (non-hydrogen) atoms. The Morgan fingerprint density at radius 3 is 2.73 bits per heavy atom. The predicted octanol–water partition coefficient (Wildman–Crippen LogP) is 1.06. The van der Waals surface area contributed by atoms with E-state index >= 15 is 0 Å². The molecule has 2 aromatic heterocycles. The fourth-order valence-corrected chi connectivity index (χ4v) is 1.64. The average Bonchev–Trinajstić information content (AvgIpc) is 2.41. The summed E-state index contributed by atoms with van der Waals surface area (Å²) in [7, 11) is 0. The summed E-state index contributed by atoms with van der Waals surface area (Å²) in [6.45, 7) is 5.85. The number of nitrogens with two attached hydrogens (primary N) is 1. The Bertz CT molecular complexity index is 559. The second-order valence-electron chi connectivity index (χ2n) is 4.54. The van der Waals surface area contributed by atoms with Gasteiger partial charge in [-0.25, -0.2) is 9.78 Å². The van der Waals surface area contributed by atoms with E-state index in [9.17, 15) is 4.79 Å². The highest BCUT2D eigenvalue weighted by Crippen LogP contribution is 2.20. The number of hydrogen-bond donors (Lipinski definition) is 2. The molecule has 0 aromatic carbocycles. The smallest absolute Gasteiger partial charge is 0.328 e. The first-order chi connectivity index (χ1) is 6.91. The molecule has 0 fully saturated rings. The van der Waals surface area contributed by atoms with Crippen molar-refractivity contribution in [2.24, 2.45) is 0 Å². The zero-order chi connectivity index (χ0) is 11.2. The number of nitrogens with one attached hydrogen (secondary N) is 1. The molecule has 0 saturated carbocycles. The Labute approximate surface area is 86.9 Å². The molecule has 0 amide bonds.